The van der Waals surface area contributed by atoms with Gasteiger partial charge in [0.2, 0.25) is 0 Å². The summed E-state index contributed by atoms with van der Waals surface area (Å²) < 4.78 is 5.43. The number of rotatable bonds is 6. The Bertz CT molecular complexity index is 459. The summed E-state index contributed by atoms with van der Waals surface area (Å²) in [5, 5.41) is 2.92. The summed E-state index contributed by atoms with van der Waals surface area (Å²) in [4.78, 5) is 14.2. The summed E-state index contributed by atoms with van der Waals surface area (Å²) in [7, 11) is 0. The minimum absolute atomic E-state index is 0.000926. The maximum atomic E-state index is 11.8. The number of anilines is 1. The van der Waals surface area contributed by atoms with Crippen LogP contribution in [0.1, 0.15) is 26.2 Å². The molecule has 0 saturated carbocycles. The molecule has 116 valence electrons. The normalized spacial score (nSPS) is 17.2. The number of nitrogen functional groups attached to an aromatic ring is 1. The smallest absolute Gasteiger partial charge is 0.257 e. The Labute approximate surface area is 126 Å². The zero-order valence-electron chi connectivity index (χ0n) is 12.7. The number of nitrogens with zero attached hydrogens (tertiary/aromatic N) is 1. The van der Waals surface area contributed by atoms with Crippen LogP contribution in [-0.2, 0) is 4.79 Å². The third-order valence-electron chi connectivity index (χ3n) is 3.89. The number of nitrogens with one attached hydrogen (secondary N) is 1. The van der Waals surface area contributed by atoms with E-state index in [1.54, 1.807) is 12.1 Å². The number of ether oxygens (including phenoxy) is 1. The summed E-state index contributed by atoms with van der Waals surface area (Å²) in [6.07, 6.45) is 3.84. The van der Waals surface area contributed by atoms with Crippen molar-refractivity contribution in [3.63, 3.8) is 0 Å². The first-order valence-electron chi connectivity index (χ1n) is 7.65. The molecule has 1 saturated heterocycles. The van der Waals surface area contributed by atoms with Crippen molar-refractivity contribution in [3.05, 3.63) is 24.3 Å². The van der Waals surface area contributed by atoms with E-state index in [2.05, 4.69) is 17.1 Å². The summed E-state index contributed by atoms with van der Waals surface area (Å²) in [5.41, 5.74) is 6.31. The minimum Gasteiger partial charge on any atom is -0.482 e. The Morgan fingerprint density at radius 2 is 2.05 bits per heavy atom. The molecule has 0 aliphatic carbocycles. The monoisotopic (exact) mass is 291 g/mol. The lowest BCUT2D eigenvalue weighted by atomic mass is 10.1. The molecule has 1 fully saturated rings. The zero-order valence-corrected chi connectivity index (χ0v) is 12.7. The van der Waals surface area contributed by atoms with Crippen LogP contribution in [0.4, 0.5) is 5.69 Å². The fourth-order valence-corrected chi connectivity index (χ4v) is 2.56. The van der Waals surface area contributed by atoms with Gasteiger partial charge in [-0.25, -0.2) is 0 Å². The van der Waals surface area contributed by atoms with Gasteiger partial charge in [-0.1, -0.05) is 18.6 Å². The lowest BCUT2D eigenvalue weighted by molar-refractivity contribution is -0.123. The van der Waals surface area contributed by atoms with Crippen LogP contribution in [0.2, 0.25) is 0 Å². The molecule has 1 aromatic carbocycles. The van der Waals surface area contributed by atoms with Crippen LogP contribution in [0.25, 0.3) is 0 Å². The van der Waals surface area contributed by atoms with Gasteiger partial charge in [-0.15, -0.1) is 0 Å². The second-order valence-corrected chi connectivity index (χ2v) is 5.58. The molecular weight excluding hydrogens is 266 g/mol. The second kappa shape index (κ2) is 7.88. The highest BCUT2D eigenvalue weighted by Gasteiger charge is 2.17. The number of carbonyl (C=O) groups is 1. The second-order valence-electron chi connectivity index (χ2n) is 5.58. The van der Waals surface area contributed by atoms with Crippen LogP contribution in [0.5, 0.6) is 5.75 Å². The molecule has 0 bridgehead atoms. The third kappa shape index (κ3) is 4.93. The molecule has 0 radical (unpaired) electrons. The highest BCUT2D eigenvalue weighted by Crippen LogP contribution is 2.19. The lowest BCUT2D eigenvalue weighted by Crippen LogP contribution is -2.45. The molecule has 5 nitrogen and oxygen atoms in total. The average Bonchev–Trinajstić information content (AvgIpc) is 2.52. The number of benzene rings is 1. The van der Waals surface area contributed by atoms with Crippen LogP contribution >= 0.6 is 0 Å². The molecule has 1 unspecified atom stereocenters. The van der Waals surface area contributed by atoms with E-state index < -0.39 is 0 Å². The van der Waals surface area contributed by atoms with Gasteiger partial charge in [0.05, 0.1) is 5.69 Å². The van der Waals surface area contributed by atoms with Crippen molar-refractivity contribution in [1.82, 2.24) is 10.2 Å². The van der Waals surface area contributed by atoms with Crippen LogP contribution in [0.15, 0.2) is 24.3 Å². The fraction of sp³-hybridized carbons (Fsp3) is 0.562. The van der Waals surface area contributed by atoms with E-state index in [9.17, 15) is 4.79 Å². The molecule has 1 atom stereocenters. The van der Waals surface area contributed by atoms with Crippen molar-refractivity contribution in [2.75, 3.05) is 32.0 Å². The van der Waals surface area contributed by atoms with E-state index in [1.165, 1.54) is 19.3 Å². The van der Waals surface area contributed by atoms with E-state index in [1.807, 2.05) is 12.1 Å². The Morgan fingerprint density at radius 1 is 1.33 bits per heavy atom. The van der Waals surface area contributed by atoms with Gasteiger partial charge in [0.1, 0.15) is 5.75 Å². The number of nitrogens with two attached hydrogens (primary N) is 1. The maximum Gasteiger partial charge on any atom is 0.257 e. The Hall–Kier alpha value is -1.75. The van der Waals surface area contributed by atoms with Crippen LogP contribution < -0.4 is 15.8 Å². The predicted molar refractivity (Wildman–Crippen MR) is 84.2 cm³/mol. The Morgan fingerprint density at radius 3 is 2.76 bits per heavy atom. The first-order chi connectivity index (χ1) is 10.2. The largest absolute Gasteiger partial charge is 0.482 e. The minimum atomic E-state index is -0.109. The van der Waals surface area contributed by atoms with E-state index in [0.29, 0.717) is 24.0 Å². The summed E-state index contributed by atoms with van der Waals surface area (Å²) >= 11 is 0. The lowest BCUT2D eigenvalue weighted by Gasteiger charge is -2.32. The standard InChI is InChI=1S/C16H25N3O2/c1-13(19-9-5-2-6-10-19)11-18-16(20)12-21-15-8-4-3-7-14(15)17/h3-4,7-8,13H,2,5-6,9-12,17H2,1H3,(H,18,20). The molecular formula is C16H25N3O2. The van der Waals surface area contributed by atoms with Crippen molar-refractivity contribution in [2.24, 2.45) is 0 Å². The quantitative estimate of drug-likeness (QED) is 0.782. The fourth-order valence-electron chi connectivity index (χ4n) is 2.56. The summed E-state index contributed by atoms with van der Waals surface area (Å²) in [6, 6.07) is 7.56. The number of piperidine rings is 1. The van der Waals surface area contributed by atoms with E-state index in [0.717, 1.165) is 13.1 Å². The van der Waals surface area contributed by atoms with Gasteiger partial charge >= 0.3 is 0 Å². The number of amides is 1. The molecule has 0 aromatic heterocycles. The van der Waals surface area contributed by atoms with Crippen molar-refractivity contribution in [3.8, 4) is 5.75 Å². The van der Waals surface area contributed by atoms with Gasteiger partial charge in [-0.2, -0.15) is 0 Å². The molecule has 3 N–H and O–H groups in total. The highest BCUT2D eigenvalue weighted by molar-refractivity contribution is 5.77. The number of carbonyl (C=O) groups excluding carboxylic acids is 1. The first kappa shape index (κ1) is 15.6. The van der Waals surface area contributed by atoms with Crippen molar-refractivity contribution in [2.45, 2.75) is 32.2 Å². The summed E-state index contributed by atoms with van der Waals surface area (Å²) in [6.45, 7) is 5.08. The van der Waals surface area contributed by atoms with Gasteiger partial charge in [-0.05, 0) is 45.0 Å². The van der Waals surface area contributed by atoms with Crippen LogP contribution in [0, 0.1) is 0 Å². The van der Waals surface area contributed by atoms with Crippen molar-refractivity contribution >= 4 is 11.6 Å². The predicted octanol–water partition coefficient (Wildman–Crippen LogP) is 1.64. The maximum absolute atomic E-state index is 11.8. The first-order valence-corrected chi connectivity index (χ1v) is 7.65. The Balaban J connectivity index is 1.68. The van der Waals surface area contributed by atoms with E-state index >= 15 is 0 Å². The van der Waals surface area contributed by atoms with Gasteiger partial charge < -0.3 is 15.8 Å². The third-order valence-corrected chi connectivity index (χ3v) is 3.89. The zero-order chi connectivity index (χ0) is 15.1. The molecule has 5 heteroatoms. The Kier molecular flexibility index (Phi) is 5.87. The molecule has 1 aromatic rings. The molecule has 1 aliphatic heterocycles. The molecule has 1 amide bonds. The number of hydrogen-bond donors (Lipinski definition) is 2. The van der Waals surface area contributed by atoms with Gasteiger partial charge in [0, 0.05) is 12.6 Å². The molecule has 0 spiro atoms. The molecule has 1 heterocycles. The van der Waals surface area contributed by atoms with Crippen LogP contribution in [0.3, 0.4) is 0 Å². The van der Waals surface area contributed by atoms with Crippen LogP contribution in [-0.4, -0.2) is 43.1 Å². The van der Waals surface area contributed by atoms with Gasteiger partial charge in [-0.3, -0.25) is 9.69 Å². The van der Waals surface area contributed by atoms with E-state index in [-0.39, 0.29) is 12.5 Å². The average molecular weight is 291 g/mol. The SMILES string of the molecule is CC(CNC(=O)COc1ccccc1N)N1CCCCC1. The van der Waals surface area contributed by atoms with Gasteiger partial charge in [0.25, 0.3) is 5.91 Å². The van der Waals surface area contributed by atoms with E-state index in [4.69, 9.17) is 10.5 Å². The van der Waals surface area contributed by atoms with Crippen molar-refractivity contribution in [1.29, 1.82) is 0 Å². The highest BCUT2D eigenvalue weighted by atomic mass is 16.5. The number of para-hydroxylation sites is 2. The molecule has 21 heavy (non-hydrogen) atoms. The number of hydrogen-bond acceptors (Lipinski definition) is 4. The van der Waals surface area contributed by atoms with Crippen molar-refractivity contribution < 1.29 is 9.53 Å². The molecule has 1 aliphatic rings. The summed E-state index contributed by atoms with van der Waals surface area (Å²) in [5.74, 6) is 0.443. The number of likely N-dealkylation sites (tertiary alicyclic amines) is 1. The molecule has 2 rings (SSSR count). The topological polar surface area (TPSA) is 67.6 Å². The van der Waals surface area contributed by atoms with Gasteiger partial charge in [0.15, 0.2) is 6.61 Å².